The minimum absolute atomic E-state index is 0.121. The van der Waals surface area contributed by atoms with E-state index in [2.05, 4.69) is 9.88 Å². The molecular weight excluding hydrogens is 238 g/mol. The second kappa shape index (κ2) is 4.27. The molecule has 0 radical (unpaired) electrons. The van der Waals surface area contributed by atoms with Crippen molar-refractivity contribution in [2.75, 3.05) is 31.6 Å². The number of aromatic nitrogens is 1. The van der Waals surface area contributed by atoms with Crippen LogP contribution in [-0.2, 0) is 9.53 Å². The standard InChI is InChI=1S/C11H15N3O2S/c1-13-8-6-14(11-12-3-5-17-11)7-9(8)16-4-2-10(13)15/h3,5,8-9H,2,4,6-7H2,1H3/t8-,9-/m0/s1. The van der Waals surface area contributed by atoms with Crippen molar-refractivity contribution in [3.8, 4) is 0 Å². The van der Waals surface area contributed by atoms with Crippen molar-refractivity contribution in [2.45, 2.75) is 18.6 Å². The molecule has 0 aliphatic carbocycles. The van der Waals surface area contributed by atoms with Crippen molar-refractivity contribution in [3.05, 3.63) is 11.6 Å². The van der Waals surface area contributed by atoms with Gasteiger partial charge in [0.15, 0.2) is 5.13 Å². The minimum Gasteiger partial charge on any atom is -0.374 e. The van der Waals surface area contributed by atoms with E-state index in [1.807, 2.05) is 23.5 Å². The molecule has 1 aromatic heterocycles. The maximum Gasteiger partial charge on any atom is 0.225 e. The first kappa shape index (κ1) is 11.0. The van der Waals surface area contributed by atoms with Gasteiger partial charge in [-0.2, -0.15) is 0 Å². The molecule has 2 fully saturated rings. The lowest BCUT2D eigenvalue weighted by Crippen LogP contribution is -2.42. The molecule has 17 heavy (non-hydrogen) atoms. The van der Waals surface area contributed by atoms with Crippen LogP contribution in [-0.4, -0.2) is 54.7 Å². The normalized spacial score (nSPS) is 29.4. The van der Waals surface area contributed by atoms with Crippen LogP contribution in [0.3, 0.4) is 0 Å². The Morgan fingerprint density at radius 1 is 1.53 bits per heavy atom. The van der Waals surface area contributed by atoms with Gasteiger partial charge in [-0.3, -0.25) is 4.79 Å². The number of carbonyl (C=O) groups excluding carboxylic acids is 1. The zero-order chi connectivity index (χ0) is 11.8. The van der Waals surface area contributed by atoms with Crippen LogP contribution in [0.15, 0.2) is 11.6 Å². The third-order valence-electron chi connectivity index (χ3n) is 3.47. The number of anilines is 1. The highest BCUT2D eigenvalue weighted by Crippen LogP contribution is 2.27. The average Bonchev–Trinajstić information content (AvgIpc) is 2.94. The van der Waals surface area contributed by atoms with E-state index >= 15 is 0 Å². The Morgan fingerprint density at radius 2 is 2.41 bits per heavy atom. The van der Waals surface area contributed by atoms with Crippen molar-refractivity contribution in [3.63, 3.8) is 0 Å². The van der Waals surface area contributed by atoms with E-state index in [1.165, 1.54) is 0 Å². The Balaban J connectivity index is 1.79. The van der Waals surface area contributed by atoms with E-state index in [-0.39, 0.29) is 18.1 Å². The van der Waals surface area contributed by atoms with Gasteiger partial charge in [0, 0.05) is 31.7 Å². The van der Waals surface area contributed by atoms with Gasteiger partial charge < -0.3 is 14.5 Å². The van der Waals surface area contributed by atoms with Gasteiger partial charge in [-0.25, -0.2) is 4.98 Å². The summed E-state index contributed by atoms with van der Waals surface area (Å²) in [4.78, 5) is 20.1. The van der Waals surface area contributed by atoms with Gasteiger partial charge in [-0.1, -0.05) is 0 Å². The number of nitrogens with zero attached hydrogens (tertiary/aromatic N) is 3. The van der Waals surface area contributed by atoms with Crippen LogP contribution < -0.4 is 4.90 Å². The Labute approximate surface area is 104 Å². The minimum atomic E-state index is 0.121. The van der Waals surface area contributed by atoms with Crippen LogP contribution in [0.2, 0.25) is 0 Å². The number of rotatable bonds is 1. The van der Waals surface area contributed by atoms with Crippen LogP contribution in [0.4, 0.5) is 5.13 Å². The Kier molecular flexibility index (Phi) is 2.76. The Hall–Kier alpha value is -1.14. The summed E-state index contributed by atoms with van der Waals surface area (Å²) in [5.41, 5.74) is 0. The lowest BCUT2D eigenvalue weighted by molar-refractivity contribution is -0.130. The van der Waals surface area contributed by atoms with Gasteiger partial charge in [0.05, 0.1) is 25.2 Å². The number of ether oxygens (including phenoxy) is 1. The number of thiazole rings is 1. The number of carbonyl (C=O) groups is 1. The lowest BCUT2D eigenvalue weighted by atomic mass is 10.2. The van der Waals surface area contributed by atoms with Crippen LogP contribution in [0, 0.1) is 0 Å². The van der Waals surface area contributed by atoms with Crippen molar-refractivity contribution >= 4 is 22.4 Å². The zero-order valence-corrected chi connectivity index (χ0v) is 10.5. The highest BCUT2D eigenvalue weighted by molar-refractivity contribution is 7.13. The molecule has 2 atom stereocenters. The highest BCUT2D eigenvalue weighted by Gasteiger charge is 2.40. The molecule has 3 heterocycles. The Morgan fingerprint density at radius 3 is 3.18 bits per heavy atom. The summed E-state index contributed by atoms with van der Waals surface area (Å²) in [5.74, 6) is 0.179. The maximum atomic E-state index is 11.8. The summed E-state index contributed by atoms with van der Waals surface area (Å²) < 4.78 is 5.77. The average molecular weight is 253 g/mol. The monoisotopic (exact) mass is 253 g/mol. The molecule has 0 N–H and O–H groups in total. The van der Waals surface area contributed by atoms with Gasteiger partial charge in [0.25, 0.3) is 0 Å². The van der Waals surface area contributed by atoms with Gasteiger partial charge in [-0.15, -0.1) is 11.3 Å². The summed E-state index contributed by atoms with van der Waals surface area (Å²) in [6, 6.07) is 0.161. The first-order valence-electron chi connectivity index (χ1n) is 5.77. The largest absolute Gasteiger partial charge is 0.374 e. The fraction of sp³-hybridized carbons (Fsp3) is 0.636. The molecule has 1 aromatic rings. The van der Waals surface area contributed by atoms with Gasteiger partial charge >= 0.3 is 0 Å². The first-order chi connectivity index (χ1) is 8.25. The van der Waals surface area contributed by atoms with Gasteiger partial charge in [0.2, 0.25) is 5.91 Å². The fourth-order valence-electron chi connectivity index (χ4n) is 2.48. The molecule has 0 unspecified atom stereocenters. The second-order valence-corrected chi connectivity index (χ2v) is 5.32. The molecule has 0 aromatic carbocycles. The van der Waals surface area contributed by atoms with Crippen LogP contribution in [0.25, 0.3) is 0 Å². The molecule has 92 valence electrons. The fourth-order valence-corrected chi connectivity index (χ4v) is 3.14. The highest BCUT2D eigenvalue weighted by atomic mass is 32.1. The summed E-state index contributed by atoms with van der Waals surface area (Å²) in [7, 11) is 1.88. The summed E-state index contributed by atoms with van der Waals surface area (Å²) in [6.45, 7) is 2.19. The lowest BCUT2D eigenvalue weighted by Gasteiger charge is -2.24. The molecule has 1 amide bonds. The third kappa shape index (κ3) is 1.91. The number of hydrogen-bond acceptors (Lipinski definition) is 5. The van der Waals surface area contributed by atoms with Crippen molar-refractivity contribution < 1.29 is 9.53 Å². The van der Waals surface area contributed by atoms with Crippen molar-refractivity contribution in [1.29, 1.82) is 0 Å². The number of hydrogen-bond donors (Lipinski definition) is 0. The molecule has 2 aliphatic rings. The molecule has 3 rings (SSSR count). The molecule has 2 aliphatic heterocycles. The zero-order valence-electron chi connectivity index (χ0n) is 9.70. The van der Waals surface area contributed by atoms with Gasteiger partial charge in [-0.05, 0) is 0 Å². The summed E-state index contributed by atoms with van der Waals surface area (Å²) in [5, 5.41) is 2.99. The number of likely N-dealkylation sites (N-methyl/N-ethyl adjacent to an activating group) is 1. The van der Waals surface area contributed by atoms with E-state index in [9.17, 15) is 4.79 Å². The van der Waals surface area contributed by atoms with Crippen molar-refractivity contribution in [1.82, 2.24) is 9.88 Å². The van der Waals surface area contributed by atoms with E-state index in [0.717, 1.165) is 18.2 Å². The smallest absolute Gasteiger partial charge is 0.225 e. The van der Waals surface area contributed by atoms with E-state index in [1.54, 1.807) is 11.3 Å². The van der Waals surface area contributed by atoms with Crippen LogP contribution >= 0.6 is 11.3 Å². The first-order valence-corrected chi connectivity index (χ1v) is 6.65. The predicted octanol–water partition coefficient (Wildman–Crippen LogP) is 0.579. The number of amides is 1. The quantitative estimate of drug-likeness (QED) is 0.734. The summed E-state index contributed by atoms with van der Waals surface area (Å²) >= 11 is 1.63. The van der Waals surface area contributed by atoms with E-state index in [4.69, 9.17) is 4.74 Å². The van der Waals surface area contributed by atoms with Crippen LogP contribution in [0.5, 0.6) is 0 Å². The Bertz CT molecular complexity index is 409. The topological polar surface area (TPSA) is 45.7 Å². The molecule has 0 bridgehead atoms. The second-order valence-electron chi connectivity index (χ2n) is 4.45. The predicted molar refractivity (Wildman–Crippen MR) is 65.2 cm³/mol. The van der Waals surface area contributed by atoms with E-state index in [0.29, 0.717) is 13.0 Å². The molecule has 6 heteroatoms. The maximum absolute atomic E-state index is 11.8. The third-order valence-corrected chi connectivity index (χ3v) is 4.30. The number of fused-ring (bicyclic) bond motifs is 1. The van der Waals surface area contributed by atoms with Gasteiger partial charge in [0.1, 0.15) is 0 Å². The molecular formula is C11H15N3O2S. The summed E-state index contributed by atoms with van der Waals surface area (Å²) in [6.07, 6.45) is 2.43. The SMILES string of the molecule is CN1C(=O)CCO[C@H]2CN(c3nccs3)C[C@@H]21. The molecule has 5 nitrogen and oxygen atoms in total. The van der Waals surface area contributed by atoms with E-state index < -0.39 is 0 Å². The molecule has 0 spiro atoms. The molecule has 2 saturated heterocycles. The molecule has 0 saturated carbocycles. The van der Waals surface area contributed by atoms with Crippen molar-refractivity contribution in [2.24, 2.45) is 0 Å². The van der Waals surface area contributed by atoms with Crippen LogP contribution in [0.1, 0.15) is 6.42 Å².